The summed E-state index contributed by atoms with van der Waals surface area (Å²) in [6.45, 7) is 0. The van der Waals surface area contributed by atoms with E-state index in [-0.39, 0.29) is 0 Å². The van der Waals surface area contributed by atoms with Gasteiger partial charge in [0.25, 0.3) is 0 Å². The van der Waals surface area contributed by atoms with Crippen LogP contribution in [-0.2, 0) is 0 Å². The van der Waals surface area contributed by atoms with Crippen LogP contribution in [0.3, 0.4) is 0 Å². The Morgan fingerprint density at radius 3 is 2.76 bits per heavy atom. The molecular weight excluding hydrogens is 212 g/mol. The van der Waals surface area contributed by atoms with Gasteiger partial charge in [-0.15, -0.1) is 10.2 Å². The summed E-state index contributed by atoms with van der Waals surface area (Å²) in [4.78, 5) is 0. The third-order valence-electron chi connectivity index (χ3n) is 4.95. The molecule has 1 saturated carbocycles. The molecule has 3 atom stereocenters. The summed E-state index contributed by atoms with van der Waals surface area (Å²) in [6.07, 6.45) is 11.3. The molecule has 2 aliphatic heterocycles. The Morgan fingerprint density at radius 1 is 1.18 bits per heavy atom. The van der Waals surface area contributed by atoms with E-state index in [1.54, 1.807) is 0 Å². The molecule has 3 aliphatic rings. The zero-order chi connectivity index (χ0) is 11.2. The molecule has 1 aromatic heterocycles. The maximum atomic E-state index is 4.43. The molecule has 1 aliphatic carbocycles. The highest BCUT2D eigenvalue weighted by Crippen LogP contribution is 2.41. The van der Waals surface area contributed by atoms with E-state index in [0.29, 0.717) is 18.0 Å². The first-order valence-electron chi connectivity index (χ1n) is 7.07. The largest absolute Gasteiger partial charge is 0.314 e. The molecule has 0 amide bonds. The van der Waals surface area contributed by atoms with E-state index >= 15 is 0 Å². The summed E-state index contributed by atoms with van der Waals surface area (Å²) < 4.78 is 2.39. The molecule has 3 unspecified atom stereocenters. The van der Waals surface area contributed by atoms with Crippen LogP contribution >= 0.6 is 0 Å². The van der Waals surface area contributed by atoms with Crippen LogP contribution in [0.4, 0.5) is 0 Å². The van der Waals surface area contributed by atoms with Crippen LogP contribution in [0.1, 0.15) is 62.7 Å². The molecule has 1 N–H and O–H groups in total. The Hall–Kier alpha value is -0.900. The lowest BCUT2D eigenvalue weighted by Gasteiger charge is -2.22. The smallest absolute Gasteiger partial charge is 0.137 e. The van der Waals surface area contributed by atoms with Crippen molar-refractivity contribution in [1.82, 2.24) is 20.1 Å². The molecule has 4 heteroatoms. The predicted molar refractivity (Wildman–Crippen MR) is 64.8 cm³/mol. The van der Waals surface area contributed by atoms with Crippen LogP contribution in [0.15, 0.2) is 6.33 Å². The fraction of sp³-hybridized carbons (Fsp3) is 0.846. The molecule has 1 aromatic rings. The lowest BCUT2D eigenvalue weighted by atomic mass is 9.88. The molecule has 0 radical (unpaired) electrons. The lowest BCUT2D eigenvalue weighted by molar-refractivity contribution is 0.429. The molecule has 2 saturated heterocycles. The zero-order valence-corrected chi connectivity index (χ0v) is 10.2. The van der Waals surface area contributed by atoms with Crippen molar-refractivity contribution in [2.45, 2.75) is 69.0 Å². The van der Waals surface area contributed by atoms with E-state index in [9.17, 15) is 0 Å². The molecular formula is C13H20N4. The van der Waals surface area contributed by atoms with E-state index in [1.165, 1.54) is 50.8 Å². The molecule has 92 valence electrons. The topological polar surface area (TPSA) is 42.7 Å². The first-order valence-corrected chi connectivity index (χ1v) is 7.07. The average molecular weight is 232 g/mol. The maximum absolute atomic E-state index is 4.43. The third-order valence-corrected chi connectivity index (χ3v) is 4.95. The van der Waals surface area contributed by atoms with Crippen LogP contribution in [0.5, 0.6) is 0 Å². The standard InChI is InChI=1S/C13H20N4/c1-2-4-10(3-1)17-8-14-16-13(17)11-7-9-5-6-12(11)15-9/h8-12,15H,1-7H2. The highest BCUT2D eigenvalue weighted by molar-refractivity contribution is 5.12. The van der Waals surface area contributed by atoms with Crippen LogP contribution < -0.4 is 5.32 Å². The summed E-state index contributed by atoms with van der Waals surface area (Å²) >= 11 is 0. The molecule has 17 heavy (non-hydrogen) atoms. The molecule has 0 spiro atoms. The van der Waals surface area contributed by atoms with Crippen molar-refractivity contribution in [2.75, 3.05) is 0 Å². The fourth-order valence-corrected chi connectivity index (χ4v) is 4.09. The Morgan fingerprint density at radius 2 is 2.06 bits per heavy atom. The van der Waals surface area contributed by atoms with E-state index in [4.69, 9.17) is 0 Å². The second-order valence-electron chi connectivity index (χ2n) is 5.92. The van der Waals surface area contributed by atoms with Crippen LogP contribution in [0, 0.1) is 0 Å². The Bertz CT molecular complexity index is 407. The molecule has 4 nitrogen and oxygen atoms in total. The normalized spacial score (nSPS) is 37.1. The quantitative estimate of drug-likeness (QED) is 0.848. The Kier molecular flexibility index (Phi) is 2.25. The SMILES string of the molecule is c1nnc(C2CC3CCC2N3)n1C1CCCC1. The van der Waals surface area contributed by atoms with Crippen molar-refractivity contribution in [3.8, 4) is 0 Å². The zero-order valence-electron chi connectivity index (χ0n) is 10.2. The van der Waals surface area contributed by atoms with Crippen molar-refractivity contribution < 1.29 is 0 Å². The van der Waals surface area contributed by atoms with Gasteiger partial charge >= 0.3 is 0 Å². The molecule has 0 aromatic carbocycles. The highest BCUT2D eigenvalue weighted by Gasteiger charge is 2.42. The Labute approximate surface area is 102 Å². The van der Waals surface area contributed by atoms with Gasteiger partial charge in [-0.05, 0) is 32.1 Å². The third kappa shape index (κ3) is 1.53. The minimum atomic E-state index is 0.622. The summed E-state index contributed by atoms with van der Waals surface area (Å²) in [7, 11) is 0. The average Bonchev–Trinajstić information content (AvgIpc) is 3.12. The van der Waals surface area contributed by atoms with Crippen molar-refractivity contribution >= 4 is 0 Å². The van der Waals surface area contributed by atoms with Gasteiger partial charge in [-0.3, -0.25) is 0 Å². The first-order chi connectivity index (χ1) is 8.42. The fourth-order valence-electron chi connectivity index (χ4n) is 4.09. The lowest BCUT2D eigenvalue weighted by Crippen LogP contribution is -2.24. The van der Waals surface area contributed by atoms with E-state index < -0.39 is 0 Å². The number of aromatic nitrogens is 3. The summed E-state index contributed by atoms with van der Waals surface area (Å²) in [5, 5.41) is 12.3. The van der Waals surface area contributed by atoms with Gasteiger partial charge in [0.2, 0.25) is 0 Å². The number of nitrogens with zero attached hydrogens (tertiary/aromatic N) is 3. The number of hydrogen-bond acceptors (Lipinski definition) is 3. The molecule has 3 fully saturated rings. The number of nitrogens with one attached hydrogen (secondary N) is 1. The molecule has 4 rings (SSSR count). The maximum Gasteiger partial charge on any atom is 0.137 e. The minimum Gasteiger partial charge on any atom is -0.314 e. The molecule has 3 heterocycles. The van der Waals surface area contributed by atoms with E-state index in [0.717, 1.165) is 6.04 Å². The van der Waals surface area contributed by atoms with Gasteiger partial charge in [0, 0.05) is 24.0 Å². The van der Waals surface area contributed by atoms with Crippen molar-refractivity contribution in [3.05, 3.63) is 12.2 Å². The van der Waals surface area contributed by atoms with Crippen LogP contribution in [0.2, 0.25) is 0 Å². The monoisotopic (exact) mass is 232 g/mol. The number of rotatable bonds is 2. The van der Waals surface area contributed by atoms with E-state index in [2.05, 4.69) is 20.1 Å². The van der Waals surface area contributed by atoms with Crippen molar-refractivity contribution in [3.63, 3.8) is 0 Å². The number of fused-ring (bicyclic) bond motifs is 2. The van der Waals surface area contributed by atoms with Gasteiger partial charge < -0.3 is 9.88 Å². The first kappa shape index (κ1) is 10.1. The van der Waals surface area contributed by atoms with Crippen LogP contribution in [0.25, 0.3) is 0 Å². The summed E-state index contributed by atoms with van der Waals surface area (Å²) in [5.41, 5.74) is 0. The predicted octanol–water partition coefficient (Wildman–Crippen LogP) is 2.00. The minimum absolute atomic E-state index is 0.622. The summed E-state index contributed by atoms with van der Waals surface area (Å²) in [6, 6.07) is 2.10. The van der Waals surface area contributed by atoms with Gasteiger partial charge in [0.15, 0.2) is 0 Å². The van der Waals surface area contributed by atoms with Gasteiger partial charge in [-0.1, -0.05) is 12.8 Å². The van der Waals surface area contributed by atoms with Crippen molar-refractivity contribution in [1.29, 1.82) is 0 Å². The highest BCUT2D eigenvalue weighted by atomic mass is 15.3. The van der Waals surface area contributed by atoms with Crippen molar-refractivity contribution in [2.24, 2.45) is 0 Å². The molecule has 2 bridgehead atoms. The van der Waals surface area contributed by atoms with Crippen LogP contribution in [-0.4, -0.2) is 26.8 Å². The summed E-state index contributed by atoms with van der Waals surface area (Å²) in [5.74, 6) is 1.88. The van der Waals surface area contributed by atoms with Gasteiger partial charge in [-0.2, -0.15) is 0 Å². The Balaban J connectivity index is 1.63. The van der Waals surface area contributed by atoms with Gasteiger partial charge in [0.1, 0.15) is 12.2 Å². The van der Waals surface area contributed by atoms with E-state index in [1.807, 2.05) is 6.33 Å². The van der Waals surface area contributed by atoms with Gasteiger partial charge in [0.05, 0.1) is 0 Å². The van der Waals surface area contributed by atoms with Gasteiger partial charge in [-0.25, -0.2) is 0 Å². The second-order valence-corrected chi connectivity index (χ2v) is 5.92. The second kappa shape index (κ2) is 3.80. The number of hydrogen-bond donors (Lipinski definition) is 1.